The smallest absolute Gasteiger partial charge is 0.265 e. The molecule has 182 valence electrons. The average Bonchev–Trinajstić information content (AvgIpc) is 3.17. The number of morpholine rings is 1. The van der Waals surface area contributed by atoms with Gasteiger partial charge < -0.3 is 24.6 Å². The molecule has 1 fully saturated rings. The molecule has 1 saturated heterocycles. The van der Waals surface area contributed by atoms with E-state index in [9.17, 15) is 9.59 Å². The number of nitrogens with one attached hydrogen (secondary N) is 1. The van der Waals surface area contributed by atoms with Crippen molar-refractivity contribution < 1.29 is 19.1 Å². The predicted octanol–water partition coefficient (Wildman–Crippen LogP) is 2.55. The minimum absolute atomic E-state index is 0.0796. The molecule has 3 heterocycles. The average molecular weight is 476 g/mol. The lowest BCUT2D eigenvalue weighted by Gasteiger charge is -2.38. The molecule has 9 heteroatoms. The first-order chi connectivity index (χ1) is 17.0. The van der Waals surface area contributed by atoms with Gasteiger partial charge in [0.15, 0.2) is 6.10 Å². The van der Waals surface area contributed by atoms with E-state index in [1.54, 1.807) is 4.90 Å². The van der Waals surface area contributed by atoms with Gasteiger partial charge in [-0.3, -0.25) is 9.59 Å². The third kappa shape index (κ3) is 4.72. The molecule has 35 heavy (non-hydrogen) atoms. The summed E-state index contributed by atoms with van der Waals surface area (Å²) in [5.41, 5.74) is 4.01. The number of nitrogens with zero attached hydrogens (tertiary/aromatic N) is 4. The molecular formula is C26H29N5O4. The highest BCUT2D eigenvalue weighted by molar-refractivity contribution is 5.96. The molecule has 9 nitrogen and oxygen atoms in total. The van der Waals surface area contributed by atoms with Crippen LogP contribution in [0.3, 0.4) is 0 Å². The molecule has 0 bridgehead atoms. The highest BCUT2D eigenvalue weighted by Crippen LogP contribution is 2.33. The number of carbonyl (C=O) groups excluding carboxylic acids is 2. The summed E-state index contributed by atoms with van der Waals surface area (Å²) in [6.45, 7) is 6.33. The number of hydrogen-bond acceptors (Lipinski definition) is 6. The first-order valence-corrected chi connectivity index (χ1v) is 11.8. The van der Waals surface area contributed by atoms with E-state index in [0.29, 0.717) is 44.3 Å². The van der Waals surface area contributed by atoms with Crippen molar-refractivity contribution in [2.24, 2.45) is 0 Å². The Balaban J connectivity index is 1.33. The van der Waals surface area contributed by atoms with Crippen LogP contribution in [0.5, 0.6) is 5.75 Å². The predicted molar refractivity (Wildman–Crippen MR) is 132 cm³/mol. The number of aryl methyl sites for hydroxylation is 1. The second kappa shape index (κ2) is 9.79. The van der Waals surface area contributed by atoms with Gasteiger partial charge in [-0.1, -0.05) is 30.3 Å². The first kappa shape index (κ1) is 22.9. The van der Waals surface area contributed by atoms with Crippen LogP contribution in [0, 0.1) is 13.8 Å². The number of amides is 2. The van der Waals surface area contributed by atoms with Crippen LogP contribution in [0.15, 0.2) is 54.6 Å². The molecule has 0 aliphatic carbocycles. The van der Waals surface area contributed by atoms with Crippen LogP contribution in [0.1, 0.15) is 11.4 Å². The number of fused-ring (bicyclic) bond motifs is 1. The summed E-state index contributed by atoms with van der Waals surface area (Å²) in [5, 5.41) is 7.65. The first-order valence-electron chi connectivity index (χ1n) is 11.8. The maximum Gasteiger partial charge on any atom is 0.265 e. The summed E-state index contributed by atoms with van der Waals surface area (Å²) in [7, 11) is 0. The number of ether oxygens (including phenoxy) is 2. The Morgan fingerprint density at radius 2 is 1.74 bits per heavy atom. The second-order valence-electron chi connectivity index (χ2n) is 8.73. The Morgan fingerprint density at radius 3 is 2.51 bits per heavy atom. The molecule has 2 aromatic carbocycles. The Kier molecular flexibility index (Phi) is 6.41. The number of rotatable bonds is 5. The molecule has 0 unspecified atom stereocenters. The van der Waals surface area contributed by atoms with Crippen molar-refractivity contribution in [2.45, 2.75) is 20.0 Å². The summed E-state index contributed by atoms with van der Waals surface area (Å²) >= 11 is 0. The SMILES string of the molecule is Cc1nn(-c2ccccc2)c(C)c1NC(=O)CN1C[C@H](C(=O)N2CCOCC2)Oc2ccccc21. The van der Waals surface area contributed by atoms with Crippen molar-refractivity contribution in [1.82, 2.24) is 14.7 Å². The van der Waals surface area contributed by atoms with E-state index in [1.807, 2.05) is 78.0 Å². The summed E-state index contributed by atoms with van der Waals surface area (Å²) in [4.78, 5) is 30.0. The van der Waals surface area contributed by atoms with E-state index in [2.05, 4.69) is 10.4 Å². The van der Waals surface area contributed by atoms with Crippen LogP contribution >= 0.6 is 0 Å². The van der Waals surface area contributed by atoms with E-state index in [-0.39, 0.29) is 18.4 Å². The Hall–Kier alpha value is -3.85. The maximum absolute atomic E-state index is 13.2. The topological polar surface area (TPSA) is 88.9 Å². The molecule has 5 rings (SSSR count). The van der Waals surface area contributed by atoms with E-state index >= 15 is 0 Å². The van der Waals surface area contributed by atoms with Gasteiger partial charge in [-0.05, 0) is 38.1 Å². The van der Waals surface area contributed by atoms with Gasteiger partial charge >= 0.3 is 0 Å². The van der Waals surface area contributed by atoms with Gasteiger partial charge in [0.2, 0.25) is 5.91 Å². The summed E-state index contributed by atoms with van der Waals surface area (Å²) < 4.78 is 13.2. The number of anilines is 2. The third-order valence-corrected chi connectivity index (χ3v) is 6.35. The zero-order chi connectivity index (χ0) is 24.4. The molecule has 2 amide bonds. The number of aromatic nitrogens is 2. The molecule has 3 aromatic rings. The van der Waals surface area contributed by atoms with Crippen LogP contribution in [-0.2, 0) is 14.3 Å². The summed E-state index contributed by atoms with van der Waals surface area (Å²) in [5.74, 6) is 0.338. The minimum Gasteiger partial charge on any atom is -0.477 e. The van der Waals surface area contributed by atoms with Gasteiger partial charge in [-0.25, -0.2) is 4.68 Å². The van der Waals surface area contributed by atoms with E-state index < -0.39 is 6.10 Å². The lowest BCUT2D eigenvalue weighted by molar-refractivity contribution is -0.142. The fourth-order valence-corrected chi connectivity index (χ4v) is 4.57. The van der Waals surface area contributed by atoms with E-state index in [1.165, 1.54) is 0 Å². The third-order valence-electron chi connectivity index (χ3n) is 6.35. The van der Waals surface area contributed by atoms with Crippen LogP contribution in [0.4, 0.5) is 11.4 Å². The molecule has 0 saturated carbocycles. The standard InChI is InChI=1S/C26H29N5O4/c1-18-25(19(2)31(28-18)20-8-4-3-5-9-20)27-24(32)17-30-16-23(26(33)29-12-14-34-15-13-29)35-22-11-7-6-10-21(22)30/h3-11,23H,12-17H2,1-2H3,(H,27,32)/t23-/m1/s1. The van der Waals surface area contributed by atoms with Crippen LogP contribution < -0.4 is 15.0 Å². The van der Waals surface area contributed by atoms with Crippen LogP contribution in [-0.4, -0.2) is 72.0 Å². The number of para-hydroxylation sites is 3. The van der Waals surface area contributed by atoms with Gasteiger partial charge in [0, 0.05) is 13.1 Å². The van der Waals surface area contributed by atoms with E-state index in [0.717, 1.165) is 22.8 Å². The zero-order valence-electron chi connectivity index (χ0n) is 19.9. The fourth-order valence-electron chi connectivity index (χ4n) is 4.57. The lowest BCUT2D eigenvalue weighted by Crippen LogP contribution is -2.53. The number of carbonyl (C=O) groups is 2. The van der Waals surface area contributed by atoms with Gasteiger partial charge in [-0.2, -0.15) is 5.10 Å². The van der Waals surface area contributed by atoms with Crippen molar-refractivity contribution in [3.63, 3.8) is 0 Å². The monoisotopic (exact) mass is 475 g/mol. The molecule has 1 N–H and O–H groups in total. The van der Waals surface area contributed by atoms with E-state index in [4.69, 9.17) is 9.47 Å². The molecule has 2 aliphatic heterocycles. The van der Waals surface area contributed by atoms with Crippen LogP contribution in [0.2, 0.25) is 0 Å². The zero-order valence-corrected chi connectivity index (χ0v) is 19.9. The molecule has 0 spiro atoms. The highest BCUT2D eigenvalue weighted by Gasteiger charge is 2.34. The molecule has 1 aromatic heterocycles. The lowest BCUT2D eigenvalue weighted by atomic mass is 10.1. The Bertz CT molecular complexity index is 1220. The van der Waals surface area contributed by atoms with Crippen molar-refractivity contribution in [2.75, 3.05) is 49.6 Å². The normalized spacial score (nSPS) is 17.5. The van der Waals surface area contributed by atoms with Gasteiger partial charge in [0.05, 0.1) is 54.8 Å². The molecule has 1 atom stereocenters. The quantitative estimate of drug-likeness (QED) is 0.610. The summed E-state index contributed by atoms with van der Waals surface area (Å²) in [6, 6.07) is 17.3. The molecular weight excluding hydrogens is 446 g/mol. The Labute approximate surface area is 204 Å². The van der Waals surface area contributed by atoms with Gasteiger partial charge in [-0.15, -0.1) is 0 Å². The number of hydrogen-bond donors (Lipinski definition) is 1. The molecule has 2 aliphatic rings. The minimum atomic E-state index is -0.680. The van der Waals surface area contributed by atoms with Crippen molar-refractivity contribution in [3.05, 3.63) is 66.0 Å². The van der Waals surface area contributed by atoms with Crippen molar-refractivity contribution in [3.8, 4) is 11.4 Å². The van der Waals surface area contributed by atoms with Crippen molar-refractivity contribution in [1.29, 1.82) is 0 Å². The van der Waals surface area contributed by atoms with Gasteiger partial charge in [0.25, 0.3) is 5.91 Å². The van der Waals surface area contributed by atoms with Gasteiger partial charge in [0.1, 0.15) is 5.75 Å². The number of benzene rings is 2. The maximum atomic E-state index is 13.2. The fraction of sp³-hybridized carbons (Fsp3) is 0.346. The van der Waals surface area contributed by atoms with Crippen molar-refractivity contribution >= 4 is 23.2 Å². The van der Waals surface area contributed by atoms with Crippen LogP contribution in [0.25, 0.3) is 5.69 Å². The summed E-state index contributed by atoms with van der Waals surface area (Å²) in [6.07, 6.45) is -0.680. The Morgan fingerprint density at radius 1 is 1.03 bits per heavy atom. The largest absolute Gasteiger partial charge is 0.477 e. The highest BCUT2D eigenvalue weighted by atomic mass is 16.5. The molecule has 0 radical (unpaired) electrons. The second-order valence-corrected chi connectivity index (χ2v) is 8.73.